The Balaban J connectivity index is 0.000000461. The Morgan fingerprint density at radius 1 is 1.29 bits per heavy atom. The molecule has 76 valence electrons. The zero-order valence-corrected chi connectivity index (χ0v) is 9.42. The summed E-state index contributed by atoms with van der Waals surface area (Å²) in [6.07, 6.45) is 0.693. The Kier molecular flexibility index (Phi) is 3.45. The average molecular weight is 190 g/mol. The van der Waals surface area contributed by atoms with Crippen molar-refractivity contribution in [2.24, 2.45) is 0 Å². The Labute approximate surface area is 86.1 Å². The fourth-order valence-corrected chi connectivity index (χ4v) is 1.84. The van der Waals surface area contributed by atoms with Crippen LogP contribution in [0.4, 0.5) is 0 Å². The first-order chi connectivity index (χ1) is 6.68. The Hall–Kier alpha value is -1.11. The predicted octanol–water partition coefficient (Wildman–Crippen LogP) is 3.71. The number of aryl methyl sites for hydroxylation is 1. The third kappa shape index (κ3) is 1.87. The van der Waals surface area contributed by atoms with Gasteiger partial charge in [0.2, 0.25) is 0 Å². The van der Waals surface area contributed by atoms with Gasteiger partial charge in [-0.15, -0.1) is 0 Å². The smallest absolute Gasteiger partial charge is 0.163 e. The molecule has 0 saturated heterocycles. The van der Waals surface area contributed by atoms with Crippen LogP contribution in [0.5, 0.6) is 0 Å². The van der Waals surface area contributed by atoms with Gasteiger partial charge in [-0.2, -0.15) is 0 Å². The molecule has 1 aliphatic rings. The largest absolute Gasteiger partial charge is 0.294 e. The third-order valence-electron chi connectivity index (χ3n) is 2.53. The zero-order valence-electron chi connectivity index (χ0n) is 9.42. The van der Waals surface area contributed by atoms with Crippen molar-refractivity contribution in [1.82, 2.24) is 0 Å². The first-order valence-electron chi connectivity index (χ1n) is 5.32. The summed E-state index contributed by atoms with van der Waals surface area (Å²) in [5, 5.41) is 0. The number of carbonyl (C=O) groups excluding carboxylic acids is 1. The minimum atomic E-state index is 0.307. The van der Waals surface area contributed by atoms with Crippen molar-refractivity contribution in [1.29, 1.82) is 0 Å². The molecule has 1 nitrogen and oxygen atoms in total. The highest BCUT2D eigenvalue weighted by Crippen LogP contribution is 2.32. The lowest BCUT2D eigenvalue weighted by Gasteiger charge is -2.02. The normalized spacial score (nSPS) is 18.6. The van der Waals surface area contributed by atoms with Crippen LogP contribution in [0.15, 0.2) is 18.2 Å². The number of Topliss-reactive ketones (excluding diaryl/α,β-unsaturated/α-hetero) is 1. The Bertz CT molecular complexity index is 339. The van der Waals surface area contributed by atoms with E-state index in [2.05, 4.69) is 19.1 Å². The van der Waals surface area contributed by atoms with Crippen molar-refractivity contribution in [2.45, 2.75) is 40.0 Å². The van der Waals surface area contributed by atoms with Crippen molar-refractivity contribution in [3.05, 3.63) is 34.9 Å². The van der Waals surface area contributed by atoms with Crippen molar-refractivity contribution in [2.75, 3.05) is 0 Å². The average Bonchev–Trinajstić information content (AvgIpc) is 2.46. The summed E-state index contributed by atoms with van der Waals surface area (Å²) < 4.78 is 0. The number of benzene rings is 1. The van der Waals surface area contributed by atoms with Crippen LogP contribution in [0.2, 0.25) is 0 Å². The molecule has 1 atom stereocenters. The number of rotatable bonds is 0. The number of carbonyl (C=O) groups is 1. The first kappa shape index (κ1) is 11.0. The number of hydrogen-bond donors (Lipinski definition) is 0. The molecule has 0 N–H and O–H groups in total. The summed E-state index contributed by atoms with van der Waals surface area (Å²) in [5.74, 6) is 0.731. The maximum Gasteiger partial charge on any atom is 0.163 e. The summed E-state index contributed by atoms with van der Waals surface area (Å²) in [4.78, 5) is 11.4. The second-order valence-corrected chi connectivity index (χ2v) is 3.62. The van der Waals surface area contributed by atoms with Gasteiger partial charge in [0.05, 0.1) is 0 Å². The van der Waals surface area contributed by atoms with E-state index < -0.39 is 0 Å². The first-order valence-corrected chi connectivity index (χ1v) is 5.32. The summed E-state index contributed by atoms with van der Waals surface area (Å²) >= 11 is 0. The minimum Gasteiger partial charge on any atom is -0.294 e. The third-order valence-corrected chi connectivity index (χ3v) is 2.53. The number of ketones is 1. The van der Waals surface area contributed by atoms with E-state index in [1.54, 1.807) is 0 Å². The highest BCUT2D eigenvalue weighted by atomic mass is 16.1. The SMILES string of the molecule is CC.Cc1ccc2c(c1)C(=O)CC2C. The number of fused-ring (bicyclic) bond motifs is 1. The summed E-state index contributed by atoms with van der Waals surface area (Å²) in [6.45, 7) is 8.13. The van der Waals surface area contributed by atoms with E-state index in [1.807, 2.05) is 26.8 Å². The van der Waals surface area contributed by atoms with Crippen LogP contribution in [-0.2, 0) is 0 Å². The van der Waals surface area contributed by atoms with Crippen LogP contribution in [0.3, 0.4) is 0 Å². The predicted molar refractivity (Wildman–Crippen MR) is 59.9 cm³/mol. The lowest BCUT2D eigenvalue weighted by atomic mass is 10.0. The lowest BCUT2D eigenvalue weighted by Crippen LogP contribution is -1.90. The van der Waals surface area contributed by atoms with Gasteiger partial charge in [0.15, 0.2) is 5.78 Å². The lowest BCUT2D eigenvalue weighted by molar-refractivity contribution is 0.0990. The molecule has 0 spiro atoms. The van der Waals surface area contributed by atoms with E-state index in [-0.39, 0.29) is 0 Å². The van der Waals surface area contributed by atoms with Crippen molar-refractivity contribution in [3.63, 3.8) is 0 Å². The van der Waals surface area contributed by atoms with Gasteiger partial charge >= 0.3 is 0 Å². The fourth-order valence-electron chi connectivity index (χ4n) is 1.84. The summed E-state index contributed by atoms with van der Waals surface area (Å²) in [5.41, 5.74) is 3.35. The van der Waals surface area contributed by atoms with Crippen LogP contribution >= 0.6 is 0 Å². The van der Waals surface area contributed by atoms with Crippen molar-refractivity contribution >= 4 is 5.78 Å². The van der Waals surface area contributed by atoms with Gasteiger partial charge in [0.25, 0.3) is 0 Å². The molecule has 2 rings (SSSR count). The minimum absolute atomic E-state index is 0.307. The zero-order chi connectivity index (χ0) is 10.7. The molecular weight excluding hydrogens is 172 g/mol. The maximum absolute atomic E-state index is 11.4. The van der Waals surface area contributed by atoms with Gasteiger partial charge in [0.1, 0.15) is 0 Å². The van der Waals surface area contributed by atoms with Crippen LogP contribution in [0.25, 0.3) is 0 Å². The molecule has 14 heavy (non-hydrogen) atoms. The molecule has 1 heteroatoms. The second kappa shape index (κ2) is 4.41. The van der Waals surface area contributed by atoms with Crippen LogP contribution in [0, 0.1) is 6.92 Å². The van der Waals surface area contributed by atoms with Gasteiger partial charge in [0, 0.05) is 12.0 Å². The van der Waals surface area contributed by atoms with E-state index in [1.165, 1.54) is 11.1 Å². The number of hydrogen-bond acceptors (Lipinski definition) is 1. The van der Waals surface area contributed by atoms with Crippen molar-refractivity contribution < 1.29 is 4.79 Å². The molecule has 0 aliphatic heterocycles. The highest BCUT2D eigenvalue weighted by molar-refractivity contribution is 6.01. The molecule has 1 unspecified atom stereocenters. The molecule has 1 aliphatic carbocycles. The van der Waals surface area contributed by atoms with E-state index >= 15 is 0 Å². The van der Waals surface area contributed by atoms with E-state index in [0.29, 0.717) is 18.1 Å². The van der Waals surface area contributed by atoms with Crippen LogP contribution in [0.1, 0.15) is 54.6 Å². The quantitative estimate of drug-likeness (QED) is 0.609. The standard InChI is InChI=1S/C11H12O.C2H6/c1-7-3-4-9-8(2)6-11(12)10(9)5-7;1-2/h3-5,8H,6H2,1-2H3;1-2H3. The van der Waals surface area contributed by atoms with E-state index in [0.717, 1.165) is 5.56 Å². The molecule has 0 fully saturated rings. The van der Waals surface area contributed by atoms with E-state index in [9.17, 15) is 4.79 Å². The van der Waals surface area contributed by atoms with Gasteiger partial charge in [-0.25, -0.2) is 0 Å². The summed E-state index contributed by atoms with van der Waals surface area (Å²) in [6, 6.07) is 6.16. The molecule has 0 saturated carbocycles. The van der Waals surface area contributed by atoms with Gasteiger partial charge in [-0.05, 0) is 24.5 Å². The van der Waals surface area contributed by atoms with Gasteiger partial charge in [-0.1, -0.05) is 38.5 Å². The molecule has 0 aromatic heterocycles. The molecule has 0 amide bonds. The molecule has 1 aromatic rings. The second-order valence-electron chi connectivity index (χ2n) is 3.62. The van der Waals surface area contributed by atoms with Gasteiger partial charge in [-0.3, -0.25) is 4.79 Å². The monoisotopic (exact) mass is 190 g/mol. The Morgan fingerprint density at radius 3 is 2.57 bits per heavy atom. The molecular formula is C13H18O. The highest BCUT2D eigenvalue weighted by Gasteiger charge is 2.25. The molecule has 0 bridgehead atoms. The topological polar surface area (TPSA) is 17.1 Å². The van der Waals surface area contributed by atoms with E-state index in [4.69, 9.17) is 0 Å². The fraction of sp³-hybridized carbons (Fsp3) is 0.462. The summed E-state index contributed by atoms with van der Waals surface area (Å²) in [7, 11) is 0. The van der Waals surface area contributed by atoms with Crippen LogP contribution < -0.4 is 0 Å². The molecule has 0 radical (unpaired) electrons. The molecule has 1 aromatic carbocycles. The molecule has 0 heterocycles. The maximum atomic E-state index is 11.4. The van der Waals surface area contributed by atoms with Crippen LogP contribution in [-0.4, -0.2) is 5.78 Å². The Morgan fingerprint density at radius 2 is 1.93 bits per heavy atom. The van der Waals surface area contributed by atoms with Gasteiger partial charge < -0.3 is 0 Å². The van der Waals surface area contributed by atoms with Crippen molar-refractivity contribution in [3.8, 4) is 0 Å².